The number of imidazole rings is 1. The van der Waals surface area contributed by atoms with E-state index < -0.39 is 0 Å². The Hall–Kier alpha value is -3.15. The number of carbonyl (C=O) groups excluding carboxylic acids is 2. The van der Waals surface area contributed by atoms with Crippen LogP contribution >= 0.6 is 0 Å². The first-order chi connectivity index (χ1) is 12.6. The van der Waals surface area contributed by atoms with Gasteiger partial charge in [0.1, 0.15) is 0 Å². The lowest BCUT2D eigenvalue weighted by molar-refractivity contribution is -0.116. The fraction of sp³-hybridized carbons (Fsp3) is 0.250. The minimum atomic E-state index is -0.120. The Balaban J connectivity index is 1.72. The smallest absolute Gasteiger partial charge is 0.231 e. The van der Waals surface area contributed by atoms with Crippen LogP contribution in [0, 0.1) is 0 Å². The van der Waals surface area contributed by atoms with Gasteiger partial charge in [0.05, 0.1) is 17.5 Å². The summed E-state index contributed by atoms with van der Waals surface area (Å²) in [7, 11) is 0. The summed E-state index contributed by atoms with van der Waals surface area (Å²) in [5.41, 5.74) is 3.47. The van der Waals surface area contributed by atoms with Crippen molar-refractivity contribution in [2.75, 3.05) is 10.6 Å². The van der Waals surface area contributed by atoms with Gasteiger partial charge in [0.25, 0.3) is 0 Å². The molecule has 6 heteroatoms. The largest absolute Gasteiger partial charge is 0.326 e. The van der Waals surface area contributed by atoms with Crippen LogP contribution in [-0.2, 0) is 22.6 Å². The number of para-hydroxylation sites is 2. The normalized spacial score (nSPS) is 10.7. The summed E-state index contributed by atoms with van der Waals surface area (Å²) in [6.07, 6.45) is 1.20. The summed E-state index contributed by atoms with van der Waals surface area (Å²) >= 11 is 0. The van der Waals surface area contributed by atoms with Gasteiger partial charge >= 0.3 is 0 Å². The van der Waals surface area contributed by atoms with Gasteiger partial charge in [-0.1, -0.05) is 31.2 Å². The number of aromatic nitrogens is 2. The zero-order valence-corrected chi connectivity index (χ0v) is 15.0. The van der Waals surface area contributed by atoms with Crippen molar-refractivity contribution in [1.29, 1.82) is 0 Å². The molecule has 26 heavy (non-hydrogen) atoms. The van der Waals surface area contributed by atoms with Crippen LogP contribution in [0.25, 0.3) is 11.0 Å². The third-order valence-electron chi connectivity index (χ3n) is 3.99. The van der Waals surface area contributed by atoms with Gasteiger partial charge < -0.3 is 9.88 Å². The van der Waals surface area contributed by atoms with Crippen LogP contribution in [0.15, 0.2) is 48.5 Å². The summed E-state index contributed by atoms with van der Waals surface area (Å²) in [6, 6.07) is 15.1. The van der Waals surface area contributed by atoms with Crippen LogP contribution in [-0.4, -0.2) is 21.4 Å². The average Bonchev–Trinajstić information content (AvgIpc) is 2.94. The minimum Gasteiger partial charge on any atom is -0.326 e. The van der Waals surface area contributed by atoms with Crippen LogP contribution in [0.3, 0.4) is 0 Å². The lowest BCUT2D eigenvalue weighted by Gasteiger charge is -2.09. The molecule has 134 valence electrons. The first kappa shape index (κ1) is 17.7. The van der Waals surface area contributed by atoms with Gasteiger partial charge in [-0.25, -0.2) is 4.98 Å². The molecule has 6 nitrogen and oxygen atoms in total. The van der Waals surface area contributed by atoms with Crippen molar-refractivity contribution in [3.63, 3.8) is 0 Å². The SMILES string of the molecule is CCCn1c(NC(=O)Cc2ccc(NC(C)=O)cc2)nc2ccccc21. The van der Waals surface area contributed by atoms with E-state index in [1.807, 2.05) is 41.0 Å². The molecule has 2 amide bonds. The lowest BCUT2D eigenvalue weighted by atomic mass is 10.1. The third kappa shape index (κ3) is 4.08. The van der Waals surface area contributed by atoms with E-state index in [-0.39, 0.29) is 18.2 Å². The Labute approximate surface area is 152 Å². The van der Waals surface area contributed by atoms with E-state index in [1.165, 1.54) is 6.92 Å². The highest BCUT2D eigenvalue weighted by molar-refractivity contribution is 5.93. The average molecular weight is 350 g/mol. The van der Waals surface area contributed by atoms with E-state index >= 15 is 0 Å². The van der Waals surface area contributed by atoms with Gasteiger partial charge in [-0.3, -0.25) is 14.9 Å². The van der Waals surface area contributed by atoms with Crippen molar-refractivity contribution in [2.45, 2.75) is 33.2 Å². The van der Waals surface area contributed by atoms with E-state index in [0.29, 0.717) is 11.6 Å². The molecule has 0 atom stereocenters. The molecule has 0 spiro atoms. The highest BCUT2D eigenvalue weighted by Gasteiger charge is 2.13. The number of amides is 2. The number of nitrogens with zero attached hydrogens (tertiary/aromatic N) is 2. The van der Waals surface area contributed by atoms with Gasteiger partial charge in [0, 0.05) is 19.2 Å². The van der Waals surface area contributed by atoms with Crippen LogP contribution < -0.4 is 10.6 Å². The number of fused-ring (bicyclic) bond motifs is 1. The Morgan fingerprint density at radius 3 is 2.46 bits per heavy atom. The van der Waals surface area contributed by atoms with Crippen LogP contribution in [0.4, 0.5) is 11.6 Å². The minimum absolute atomic E-state index is 0.120. The molecule has 0 fully saturated rings. The van der Waals surface area contributed by atoms with Crippen LogP contribution in [0.5, 0.6) is 0 Å². The maximum atomic E-state index is 12.4. The molecular formula is C20H22N4O2. The molecule has 3 rings (SSSR count). The van der Waals surface area contributed by atoms with Crippen molar-refractivity contribution in [3.8, 4) is 0 Å². The maximum Gasteiger partial charge on any atom is 0.231 e. The molecule has 0 saturated heterocycles. The highest BCUT2D eigenvalue weighted by atomic mass is 16.2. The molecule has 2 aromatic carbocycles. The molecule has 1 heterocycles. The maximum absolute atomic E-state index is 12.4. The van der Waals surface area contributed by atoms with Gasteiger partial charge in [-0.15, -0.1) is 0 Å². The van der Waals surface area contributed by atoms with Gasteiger partial charge in [0.15, 0.2) is 0 Å². The molecule has 0 aliphatic heterocycles. The van der Waals surface area contributed by atoms with Crippen molar-refractivity contribution < 1.29 is 9.59 Å². The summed E-state index contributed by atoms with van der Waals surface area (Å²) < 4.78 is 2.03. The molecule has 0 saturated carbocycles. The number of rotatable bonds is 6. The van der Waals surface area contributed by atoms with E-state index in [4.69, 9.17) is 0 Å². The number of hydrogen-bond donors (Lipinski definition) is 2. The zero-order chi connectivity index (χ0) is 18.5. The van der Waals surface area contributed by atoms with Crippen molar-refractivity contribution in [3.05, 3.63) is 54.1 Å². The Morgan fingerprint density at radius 2 is 1.77 bits per heavy atom. The van der Waals surface area contributed by atoms with Crippen LogP contribution in [0.2, 0.25) is 0 Å². The summed E-state index contributed by atoms with van der Waals surface area (Å²) in [4.78, 5) is 28.0. The molecule has 0 unspecified atom stereocenters. The summed E-state index contributed by atoms with van der Waals surface area (Å²) in [6.45, 7) is 4.35. The molecule has 0 aliphatic carbocycles. The fourth-order valence-corrected chi connectivity index (χ4v) is 2.88. The topological polar surface area (TPSA) is 76.0 Å². The molecule has 0 radical (unpaired) electrons. The number of anilines is 2. The van der Waals surface area contributed by atoms with Crippen molar-refractivity contribution >= 4 is 34.5 Å². The van der Waals surface area contributed by atoms with Gasteiger partial charge in [0.2, 0.25) is 17.8 Å². The molecule has 0 bridgehead atoms. The predicted molar refractivity (Wildman–Crippen MR) is 103 cm³/mol. The molecule has 3 aromatic rings. The monoisotopic (exact) mass is 350 g/mol. The molecular weight excluding hydrogens is 328 g/mol. The standard InChI is InChI=1S/C20H22N4O2/c1-3-12-24-18-7-5-4-6-17(18)22-20(24)23-19(26)13-15-8-10-16(11-9-15)21-14(2)25/h4-11H,3,12-13H2,1-2H3,(H,21,25)(H,22,23,26). The highest BCUT2D eigenvalue weighted by Crippen LogP contribution is 2.20. The van der Waals surface area contributed by atoms with Gasteiger partial charge in [-0.05, 0) is 36.2 Å². The van der Waals surface area contributed by atoms with E-state index in [0.717, 1.165) is 29.6 Å². The van der Waals surface area contributed by atoms with E-state index in [1.54, 1.807) is 12.1 Å². The quantitative estimate of drug-likeness (QED) is 0.713. The lowest BCUT2D eigenvalue weighted by Crippen LogP contribution is -2.18. The summed E-state index contributed by atoms with van der Waals surface area (Å²) in [5, 5.41) is 5.63. The first-order valence-electron chi connectivity index (χ1n) is 8.68. The number of nitrogens with one attached hydrogen (secondary N) is 2. The van der Waals surface area contributed by atoms with Crippen molar-refractivity contribution in [1.82, 2.24) is 9.55 Å². The molecule has 1 aromatic heterocycles. The first-order valence-corrected chi connectivity index (χ1v) is 8.68. The second-order valence-corrected chi connectivity index (χ2v) is 6.18. The third-order valence-corrected chi connectivity index (χ3v) is 3.99. The van der Waals surface area contributed by atoms with Crippen LogP contribution in [0.1, 0.15) is 25.8 Å². The Kier molecular flexibility index (Phi) is 5.31. The second kappa shape index (κ2) is 7.82. The number of hydrogen-bond acceptors (Lipinski definition) is 3. The summed E-state index contributed by atoms with van der Waals surface area (Å²) in [5.74, 6) is 0.336. The second-order valence-electron chi connectivity index (χ2n) is 6.18. The number of benzene rings is 2. The van der Waals surface area contributed by atoms with E-state index in [9.17, 15) is 9.59 Å². The predicted octanol–water partition coefficient (Wildman–Crippen LogP) is 3.59. The van der Waals surface area contributed by atoms with E-state index in [2.05, 4.69) is 22.5 Å². The Morgan fingerprint density at radius 1 is 1.04 bits per heavy atom. The fourth-order valence-electron chi connectivity index (χ4n) is 2.88. The molecule has 0 aliphatic rings. The Bertz CT molecular complexity index is 929. The van der Waals surface area contributed by atoms with Crippen molar-refractivity contribution in [2.24, 2.45) is 0 Å². The number of aryl methyl sites for hydroxylation is 1. The zero-order valence-electron chi connectivity index (χ0n) is 15.0. The number of carbonyl (C=O) groups is 2. The van der Waals surface area contributed by atoms with Gasteiger partial charge in [-0.2, -0.15) is 0 Å². The molecule has 2 N–H and O–H groups in total.